The van der Waals surface area contributed by atoms with E-state index in [0.29, 0.717) is 0 Å². The predicted molar refractivity (Wildman–Crippen MR) is 64.5 cm³/mol. The van der Waals surface area contributed by atoms with Gasteiger partial charge in [0.2, 0.25) is 5.95 Å². The topological polar surface area (TPSA) is 52.0 Å². The fraction of sp³-hybridized carbons (Fsp3) is 0.818. The smallest absolute Gasteiger partial charge is 0.224 e. The van der Waals surface area contributed by atoms with E-state index in [1.165, 1.54) is 0 Å². The van der Waals surface area contributed by atoms with Gasteiger partial charge in [0.25, 0.3) is 0 Å². The Bertz CT molecular complexity index is 331. The Morgan fingerprint density at radius 3 is 2.44 bits per heavy atom. The first-order valence-corrected chi connectivity index (χ1v) is 5.85. The maximum Gasteiger partial charge on any atom is 0.224 e. The van der Waals surface area contributed by atoms with Gasteiger partial charge >= 0.3 is 0 Å². The summed E-state index contributed by atoms with van der Waals surface area (Å²) in [7, 11) is 1.71. The first-order valence-electron chi connectivity index (χ1n) is 5.85. The summed E-state index contributed by atoms with van der Waals surface area (Å²) in [5.41, 5.74) is -0.364. The van der Waals surface area contributed by atoms with Crippen molar-refractivity contribution < 1.29 is 4.74 Å². The summed E-state index contributed by atoms with van der Waals surface area (Å²) >= 11 is 0. The summed E-state index contributed by atoms with van der Waals surface area (Å²) < 4.78 is 7.62. The second-order valence-corrected chi connectivity index (χ2v) is 3.91. The number of hydrogen-bond donors (Lipinski definition) is 1. The van der Waals surface area contributed by atoms with E-state index in [2.05, 4.69) is 33.9 Å². The van der Waals surface area contributed by atoms with Crippen LogP contribution in [0.15, 0.2) is 0 Å². The average Bonchev–Trinajstić information content (AvgIpc) is 2.72. The fourth-order valence-corrected chi connectivity index (χ4v) is 1.68. The summed E-state index contributed by atoms with van der Waals surface area (Å²) in [6, 6.07) is 0. The number of hydrogen-bond acceptors (Lipinski definition) is 4. The maximum absolute atomic E-state index is 5.56. The van der Waals surface area contributed by atoms with Crippen LogP contribution in [0.3, 0.4) is 0 Å². The lowest BCUT2D eigenvalue weighted by atomic mass is 10.0. The highest BCUT2D eigenvalue weighted by Gasteiger charge is 2.31. The second kappa shape index (κ2) is 5.30. The van der Waals surface area contributed by atoms with Crippen LogP contribution >= 0.6 is 0 Å². The van der Waals surface area contributed by atoms with Gasteiger partial charge in [-0.15, -0.1) is 10.2 Å². The number of anilines is 1. The van der Waals surface area contributed by atoms with Crippen molar-refractivity contribution in [2.24, 2.45) is 0 Å². The first-order chi connectivity index (χ1) is 7.62. The monoisotopic (exact) mass is 226 g/mol. The van der Waals surface area contributed by atoms with Gasteiger partial charge in [0.05, 0.1) is 0 Å². The molecular formula is C11H22N4O. The number of ether oxygens (including phenoxy) is 1. The van der Waals surface area contributed by atoms with Crippen molar-refractivity contribution in [2.75, 3.05) is 19.0 Å². The van der Waals surface area contributed by atoms with Gasteiger partial charge in [-0.2, -0.15) is 0 Å². The molecule has 0 spiro atoms. The summed E-state index contributed by atoms with van der Waals surface area (Å²) in [5, 5.41) is 11.6. The Morgan fingerprint density at radius 1 is 1.31 bits per heavy atom. The molecule has 0 amide bonds. The van der Waals surface area contributed by atoms with Gasteiger partial charge in [0.15, 0.2) is 5.82 Å². The second-order valence-electron chi connectivity index (χ2n) is 3.91. The summed E-state index contributed by atoms with van der Waals surface area (Å²) in [6.07, 6.45) is 0.869. The van der Waals surface area contributed by atoms with Crippen LogP contribution in [0.2, 0.25) is 0 Å². The molecule has 1 rings (SSSR count). The zero-order valence-electron chi connectivity index (χ0n) is 10.9. The molecule has 0 aliphatic carbocycles. The Hall–Kier alpha value is -1.10. The average molecular weight is 226 g/mol. The number of nitrogens with one attached hydrogen (secondary N) is 1. The number of aromatic nitrogens is 3. The Labute approximate surface area is 97.2 Å². The largest absolute Gasteiger partial charge is 0.371 e. The van der Waals surface area contributed by atoms with Crippen LogP contribution < -0.4 is 5.32 Å². The molecule has 0 aliphatic rings. The van der Waals surface area contributed by atoms with E-state index in [4.69, 9.17) is 4.74 Å². The van der Waals surface area contributed by atoms with E-state index in [9.17, 15) is 0 Å². The van der Waals surface area contributed by atoms with Crippen LogP contribution in [0.5, 0.6) is 0 Å². The summed E-state index contributed by atoms with van der Waals surface area (Å²) in [5.74, 6) is 1.70. The van der Waals surface area contributed by atoms with Crippen molar-refractivity contribution >= 4 is 5.95 Å². The SMILES string of the molecule is CCNc1nnc(C(C)(CC)OC)n1CC. The van der Waals surface area contributed by atoms with Crippen molar-refractivity contribution in [3.05, 3.63) is 5.82 Å². The van der Waals surface area contributed by atoms with E-state index in [1.807, 2.05) is 13.8 Å². The van der Waals surface area contributed by atoms with Gasteiger partial charge in [0.1, 0.15) is 5.60 Å². The lowest BCUT2D eigenvalue weighted by Crippen LogP contribution is -2.28. The molecule has 0 saturated heterocycles. The molecule has 0 saturated carbocycles. The minimum absolute atomic E-state index is 0.364. The molecular weight excluding hydrogens is 204 g/mol. The Morgan fingerprint density at radius 2 is 2.00 bits per heavy atom. The van der Waals surface area contributed by atoms with Crippen LogP contribution in [0.25, 0.3) is 0 Å². The molecule has 0 aliphatic heterocycles. The molecule has 92 valence electrons. The van der Waals surface area contributed by atoms with Gasteiger partial charge in [0, 0.05) is 20.2 Å². The maximum atomic E-state index is 5.56. The minimum Gasteiger partial charge on any atom is -0.371 e. The highest BCUT2D eigenvalue weighted by molar-refractivity contribution is 5.27. The molecule has 1 N–H and O–H groups in total. The van der Waals surface area contributed by atoms with Crippen molar-refractivity contribution in [3.63, 3.8) is 0 Å². The van der Waals surface area contributed by atoms with Gasteiger partial charge in [-0.05, 0) is 27.2 Å². The first kappa shape index (κ1) is 13.0. The van der Waals surface area contributed by atoms with Crippen molar-refractivity contribution in [1.82, 2.24) is 14.8 Å². The zero-order valence-corrected chi connectivity index (χ0v) is 10.9. The number of rotatable bonds is 6. The van der Waals surface area contributed by atoms with Crippen LogP contribution in [-0.2, 0) is 16.9 Å². The van der Waals surface area contributed by atoms with Crippen molar-refractivity contribution in [3.8, 4) is 0 Å². The van der Waals surface area contributed by atoms with E-state index < -0.39 is 0 Å². The molecule has 5 heteroatoms. The number of nitrogens with zero attached hydrogens (tertiary/aromatic N) is 3. The van der Waals surface area contributed by atoms with Gasteiger partial charge in [-0.1, -0.05) is 6.92 Å². The highest BCUT2D eigenvalue weighted by Crippen LogP contribution is 2.28. The van der Waals surface area contributed by atoms with Gasteiger partial charge < -0.3 is 10.1 Å². The molecule has 0 radical (unpaired) electrons. The molecule has 0 fully saturated rings. The van der Waals surface area contributed by atoms with Gasteiger partial charge in [-0.25, -0.2) is 0 Å². The molecule has 1 unspecified atom stereocenters. The third-order valence-corrected chi connectivity index (χ3v) is 3.00. The van der Waals surface area contributed by atoms with E-state index >= 15 is 0 Å². The lowest BCUT2D eigenvalue weighted by Gasteiger charge is -2.26. The lowest BCUT2D eigenvalue weighted by molar-refractivity contribution is -0.0118. The highest BCUT2D eigenvalue weighted by atomic mass is 16.5. The van der Waals surface area contributed by atoms with Crippen LogP contribution in [-0.4, -0.2) is 28.4 Å². The molecule has 16 heavy (non-hydrogen) atoms. The summed E-state index contributed by atoms with van der Waals surface area (Å²) in [4.78, 5) is 0. The zero-order chi connectivity index (χ0) is 12.2. The van der Waals surface area contributed by atoms with E-state index in [-0.39, 0.29) is 5.60 Å². The number of methoxy groups -OCH3 is 1. The standard InChI is InChI=1S/C11H22N4O/c1-6-11(4,16-5)9-13-14-10(12-7-2)15(9)8-3/h6-8H2,1-5H3,(H,12,14). The predicted octanol–water partition coefficient (Wildman–Crippen LogP) is 2.00. The van der Waals surface area contributed by atoms with Crippen LogP contribution in [0, 0.1) is 0 Å². The molecule has 1 aromatic heterocycles. The minimum atomic E-state index is -0.364. The summed E-state index contributed by atoms with van der Waals surface area (Å²) in [6.45, 7) is 9.94. The van der Waals surface area contributed by atoms with E-state index in [1.54, 1.807) is 7.11 Å². The van der Waals surface area contributed by atoms with Crippen molar-refractivity contribution in [2.45, 2.75) is 46.3 Å². The van der Waals surface area contributed by atoms with Crippen LogP contribution in [0.4, 0.5) is 5.95 Å². The third-order valence-electron chi connectivity index (χ3n) is 3.00. The quantitative estimate of drug-likeness (QED) is 0.806. The normalized spacial score (nSPS) is 14.8. The third kappa shape index (κ3) is 2.19. The molecule has 1 heterocycles. The van der Waals surface area contributed by atoms with Gasteiger partial charge in [-0.3, -0.25) is 4.57 Å². The van der Waals surface area contributed by atoms with Crippen LogP contribution in [0.1, 0.15) is 39.9 Å². The van der Waals surface area contributed by atoms with E-state index in [0.717, 1.165) is 31.3 Å². The molecule has 1 aromatic rings. The molecule has 1 atom stereocenters. The fourth-order valence-electron chi connectivity index (χ4n) is 1.68. The van der Waals surface area contributed by atoms with Crippen molar-refractivity contribution in [1.29, 1.82) is 0 Å². The molecule has 0 aromatic carbocycles. The molecule has 5 nitrogen and oxygen atoms in total. The molecule has 0 bridgehead atoms. The Balaban J connectivity index is 3.13. The Kier molecular flexibility index (Phi) is 4.29.